The number of rotatable bonds is 34. The Morgan fingerprint density at radius 3 is 1.28 bits per heavy atom. The van der Waals surface area contributed by atoms with Crippen molar-refractivity contribution < 1.29 is 66.8 Å². The van der Waals surface area contributed by atoms with Crippen LogP contribution in [0.25, 0.3) is 0 Å². The second-order valence-corrected chi connectivity index (χ2v) is 10.2. The molecule has 276 valence electrons. The van der Waals surface area contributed by atoms with Crippen LogP contribution in [0.1, 0.15) is 38.5 Å². The second kappa shape index (κ2) is 35.4. The van der Waals surface area contributed by atoms with Crippen molar-refractivity contribution in [2.45, 2.75) is 44.6 Å². The van der Waals surface area contributed by atoms with Gasteiger partial charge < -0.3 is 62.5 Å². The van der Waals surface area contributed by atoms with Crippen LogP contribution in [-0.4, -0.2) is 162 Å². The van der Waals surface area contributed by atoms with E-state index in [0.717, 1.165) is 32.1 Å². The fraction of sp³-hybridized carbons (Fsp3) is 0.875. The number of allylic oxidation sites excluding steroid dienone is 2. The molecule has 0 aromatic heterocycles. The van der Waals surface area contributed by atoms with Crippen molar-refractivity contribution in [3.8, 4) is 0 Å². The summed E-state index contributed by atoms with van der Waals surface area (Å²) in [6.45, 7) is 9.30. The number of hydrogen-bond donors (Lipinski definition) is 2. The first-order valence-electron chi connectivity index (χ1n) is 16.8. The number of alkyl carbamates (subject to hydrolysis) is 1. The standard InChI is InChI=1S/C32H59NO14/c34-31(35)8-10-37-12-14-39-16-18-41-20-22-43-24-26-45-28-29-46-27-25-44-23-21-42-19-17-40-15-13-38-11-9-33-32(36)47-30-6-4-2-1-3-5-7-30/h1-2,30H,3-29H2,(H,33,36)(H,34,35)/b2-1-. The first kappa shape index (κ1) is 43.1. The van der Waals surface area contributed by atoms with Crippen molar-refractivity contribution >= 4 is 12.1 Å². The summed E-state index contributed by atoms with van der Waals surface area (Å²) in [4.78, 5) is 22.2. The zero-order valence-corrected chi connectivity index (χ0v) is 28.1. The third-order valence-electron chi connectivity index (χ3n) is 6.32. The van der Waals surface area contributed by atoms with Gasteiger partial charge in [-0.3, -0.25) is 4.79 Å². The maximum atomic E-state index is 11.9. The van der Waals surface area contributed by atoms with Crippen LogP contribution < -0.4 is 5.32 Å². The highest BCUT2D eigenvalue weighted by molar-refractivity contribution is 5.67. The maximum Gasteiger partial charge on any atom is 0.407 e. The Morgan fingerprint density at radius 2 is 0.872 bits per heavy atom. The number of amides is 1. The molecule has 0 heterocycles. The van der Waals surface area contributed by atoms with Crippen molar-refractivity contribution in [3.63, 3.8) is 0 Å². The normalized spacial score (nSPS) is 15.6. The minimum atomic E-state index is -0.876. The highest BCUT2D eigenvalue weighted by atomic mass is 16.6. The molecular weight excluding hydrogens is 622 g/mol. The molecule has 1 amide bonds. The van der Waals surface area contributed by atoms with Gasteiger partial charge in [-0.25, -0.2) is 4.79 Å². The van der Waals surface area contributed by atoms with E-state index in [0.29, 0.717) is 132 Å². The van der Waals surface area contributed by atoms with Crippen LogP contribution in [0, 0.1) is 0 Å². The predicted octanol–water partition coefficient (Wildman–Crippen LogP) is 2.24. The summed E-state index contributed by atoms with van der Waals surface area (Å²) in [7, 11) is 0. The Morgan fingerprint density at radius 1 is 0.511 bits per heavy atom. The van der Waals surface area contributed by atoms with E-state index < -0.39 is 5.97 Å². The van der Waals surface area contributed by atoms with E-state index in [1.54, 1.807) is 0 Å². The highest BCUT2D eigenvalue weighted by Crippen LogP contribution is 2.15. The van der Waals surface area contributed by atoms with E-state index in [1.807, 2.05) is 0 Å². The Balaban J connectivity index is 1.65. The lowest BCUT2D eigenvalue weighted by atomic mass is 10.0. The molecule has 1 aliphatic carbocycles. The number of hydrogen-bond acceptors (Lipinski definition) is 13. The average Bonchev–Trinajstić information content (AvgIpc) is 3.04. The van der Waals surface area contributed by atoms with Gasteiger partial charge in [-0.15, -0.1) is 0 Å². The number of carboxylic acid groups (broad SMARTS) is 1. The first-order valence-corrected chi connectivity index (χ1v) is 16.8. The summed E-state index contributed by atoms with van der Waals surface area (Å²) in [5.41, 5.74) is 0. The van der Waals surface area contributed by atoms with Gasteiger partial charge in [0.05, 0.1) is 139 Å². The zero-order valence-electron chi connectivity index (χ0n) is 28.1. The molecular formula is C32H59NO14. The maximum absolute atomic E-state index is 11.9. The molecule has 0 spiro atoms. The van der Waals surface area contributed by atoms with E-state index >= 15 is 0 Å². The van der Waals surface area contributed by atoms with E-state index in [9.17, 15) is 9.59 Å². The van der Waals surface area contributed by atoms with Gasteiger partial charge in [-0.1, -0.05) is 12.2 Å². The van der Waals surface area contributed by atoms with Gasteiger partial charge in [-0.2, -0.15) is 0 Å². The smallest absolute Gasteiger partial charge is 0.407 e. The van der Waals surface area contributed by atoms with Crippen molar-refractivity contribution in [2.24, 2.45) is 0 Å². The Labute approximate surface area is 279 Å². The summed E-state index contributed by atoms with van der Waals surface area (Å²) in [5.74, 6) is -0.876. The van der Waals surface area contributed by atoms with Crippen LogP contribution in [0.5, 0.6) is 0 Å². The van der Waals surface area contributed by atoms with Crippen LogP contribution in [-0.2, 0) is 56.9 Å². The molecule has 0 radical (unpaired) electrons. The second-order valence-electron chi connectivity index (χ2n) is 10.2. The lowest BCUT2D eigenvalue weighted by Gasteiger charge is -2.18. The number of aliphatic carboxylic acids is 1. The van der Waals surface area contributed by atoms with Gasteiger partial charge in [0.25, 0.3) is 0 Å². The molecule has 0 aliphatic heterocycles. The lowest BCUT2D eigenvalue weighted by Crippen LogP contribution is -2.31. The van der Waals surface area contributed by atoms with Crippen molar-refractivity contribution in [1.82, 2.24) is 5.32 Å². The SMILES string of the molecule is O=C(O)CCOCCOCCOCCOCCOCCOCCOCCOCCOCCOCCNC(=O)OC1CC/C=C\CCC1. The average molecular weight is 682 g/mol. The van der Waals surface area contributed by atoms with Crippen molar-refractivity contribution in [1.29, 1.82) is 0 Å². The molecule has 0 aromatic carbocycles. The van der Waals surface area contributed by atoms with Crippen LogP contribution in [0.3, 0.4) is 0 Å². The molecule has 15 heteroatoms. The summed E-state index contributed by atoms with van der Waals surface area (Å²) in [6.07, 6.45) is 8.77. The molecule has 15 nitrogen and oxygen atoms in total. The number of carbonyl (C=O) groups is 2. The van der Waals surface area contributed by atoms with E-state index in [2.05, 4.69) is 17.5 Å². The predicted molar refractivity (Wildman–Crippen MR) is 171 cm³/mol. The number of carbonyl (C=O) groups excluding carboxylic acids is 1. The molecule has 0 saturated carbocycles. The van der Waals surface area contributed by atoms with Gasteiger partial charge in [0.15, 0.2) is 0 Å². The molecule has 2 N–H and O–H groups in total. The van der Waals surface area contributed by atoms with Gasteiger partial charge in [0.1, 0.15) is 6.10 Å². The zero-order chi connectivity index (χ0) is 33.7. The summed E-state index contributed by atoms with van der Waals surface area (Å²) in [6, 6.07) is 0. The number of nitrogens with one attached hydrogen (secondary N) is 1. The molecule has 0 aromatic rings. The fourth-order valence-electron chi connectivity index (χ4n) is 3.90. The molecule has 1 aliphatic rings. The third kappa shape index (κ3) is 33.8. The topological polar surface area (TPSA) is 168 Å². The number of carboxylic acids is 1. The van der Waals surface area contributed by atoms with Gasteiger partial charge >= 0.3 is 12.1 Å². The van der Waals surface area contributed by atoms with Gasteiger partial charge in [0.2, 0.25) is 0 Å². The molecule has 0 fully saturated rings. The summed E-state index contributed by atoms with van der Waals surface area (Å²) < 4.78 is 59.5. The minimum Gasteiger partial charge on any atom is -0.481 e. The molecule has 47 heavy (non-hydrogen) atoms. The Kier molecular flexibility index (Phi) is 32.5. The molecule has 1 rings (SSSR count). The Bertz CT molecular complexity index is 730. The molecule has 1 atom stereocenters. The Hall–Kier alpha value is -1.92. The molecule has 0 bridgehead atoms. The summed E-state index contributed by atoms with van der Waals surface area (Å²) in [5, 5.41) is 11.2. The minimum absolute atomic E-state index is 0.00487. The first-order chi connectivity index (χ1) is 23.2. The van der Waals surface area contributed by atoms with Gasteiger partial charge in [0, 0.05) is 6.54 Å². The largest absolute Gasteiger partial charge is 0.481 e. The third-order valence-corrected chi connectivity index (χ3v) is 6.32. The molecule has 0 saturated heterocycles. The van der Waals surface area contributed by atoms with E-state index in [4.69, 9.17) is 57.2 Å². The van der Waals surface area contributed by atoms with Crippen LogP contribution >= 0.6 is 0 Å². The van der Waals surface area contributed by atoms with Crippen molar-refractivity contribution in [3.05, 3.63) is 12.2 Å². The monoisotopic (exact) mass is 681 g/mol. The number of ether oxygens (including phenoxy) is 11. The van der Waals surface area contributed by atoms with Crippen LogP contribution in [0.4, 0.5) is 4.79 Å². The quantitative estimate of drug-likeness (QED) is 0.0749. The van der Waals surface area contributed by atoms with Crippen LogP contribution in [0.2, 0.25) is 0 Å². The van der Waals surface area contributed by atoms with E-state index in [1.165, 1.54) is 0 Å². The van der Waals surface area contributed by atoms with Gasteiger partial charge in [-0.05, 0) is 32.1 Å². The summed E-state index contributed by atoms with van der Waals surface area (Å²) >= 11 is 0. The molecule has 1 unspecified atom stereocenters. The lowest BCUT2D eigenvalue weighted by molar-refractivity contribution is -0.138. The van der Waals surface area contributed by atoms with E-state index in [-0.39, 0.29) is 25.2 Å². The van der Waals surface area contributed by atoms with Crippen LogP contribution in [0.15, 0.2) is 12.2 Å². The fourth-order valence-corrected chi connectivity index (χ4v) is 3.90. The highest BCUT2D eigenvalue weighted by Gasteiger charge is 2.14. The van der Waals surface area contributed by atoms with Crippen molar-refractivity contribution in [2.75, 3.05) is 139 Å².